The van der Waals surface area contributed by atoms with Crippen LogP contribution in [0.3, 0.4) is 0 Å². The summed E-state index contributed by atoms with van der Waals surface area (Å²) in [6.07, 6.45) is 6.20. The summed E-state index contributed by atoms with van der Waals surface area (Å²) in [5.74, 6) is 1.04. The molecule has 58 heavy (non-hydrogen) atoms. The van der Waals surface area contributed by atoms with E-state index in [1.807, 2.05) is 24.3 Å². The number of aromatic amines is 2. The van der Waals surface area contributed by atoms with Gasteiger partial charge in [-0.1, -0.05) is 48.5 Å². The van der Waals surface area contributed by atoms with E-state index in [9.17, 15) is 19.2 Å². The van der Waals surface area contributed by atoms with Crippen molar-refractivity contribution in [3.05, 3.63) is 72.6 Å². The molecule has 2 aromatic heterocycles. The number of aromatic nitrogens is 4. The van der Waals surface area contributed by atoms with E-state index in [1.165, 1.54) is 14.2 Å². The standard InChI is InChI=1S/C40H46N8O8.2ClH/c1-53-37(51)45-39(15-19-55-23-39)35(49)47-17-3-5-31(47)33-41-21-29(43-33)27-11-7-25(8-12-27)26-9-13-28(14-10-26)30-22-42-34(44-30)32-6-4-18-48(32)36(50)40(16-20-56-24-40)46-38(52)54-2;;/h7-14,21-22,31-32H,3-6,15-20,23-24H2,1-2H3,(H,41,43)(H,42,44)(H,45,51)(H,46,52);2*1H/t31-,32-,39-,40-;;/m0../s1. The number of nitrogens with one attached hydrogen (secondary N) is 4. The van der Waals surface area contributed by atoms with Gasteiger partial charge in [-0.25, -0.2) is 19.6 Å². The third-order valence-corrected chi connectivity index (χ3v) is 11.5. The fourth-order valence-corrected chi connectivity index (χ4v) is 8.39. The van der Waals surface area contributed by atoms with E-state index in [4.69, 9.17) is 18.9 Å². The Balaban J connectivity index is 0.00000283. The maximum atomic E-state index is 13.8. The van der Waals surface area contributed by atoms with Crippen LogP contribution in [0.25, 0.3) is 33.6 Å². The van der Waals surface area contributed by atoms with Crippen molar-refractivity contribution in [3.8, 4) is 33.6 Å². The smallest absolute Gasteiger partial charge is 0.407 e. The highest BCUT2D eigenvalue weighted by atomic mass is 35.5. The number of imidazole rings is 2. The Morgan fingerprint density at radius 3 is 1.38 bits per heavy atom. The largest absolute Gasteiger partial charge is 0.453 e. The highest BCUT2D eigenvalue weighted by Gasteiger charge is 2.50. The van der Waals surface area contributed by atoms with Crippen molar-refractivity contribution in [2.75, 3.05) is 53.7 Å². The summed E-state index contributed by atoms with van der Waals surface area (Å²) < 4.78 is 20.7. The number of likely N-dealkylation sites (tertiary alicyclic amines) is 2. The Bertz CT molecular complexity index is 1930. The van der Waals surface area contributed by atoms with E-state index < -0.39 is 23.3 Å². The minimum absolute atomic E-state index is 0. The number of alkyl carbamates (subject to hydrolysis) is 2. The molecule has 4 atom stereocenters. The Kier molecular flexibility index (Phi) is 13.0. The number of ether oxygens (including phenoxy) is 4. The molecule has 0 aliphatic carbocycles. The molecule has 8 rings (SSSR count). The molecule has 16 nitrogen and oxygen atoms in total. The topological polar surface area (TPSA) is 193 Å². The number of hydrogen-bond acceptors (Lipinski definition) is 10. The summed E-state index contributed by atoms with van der Waals surface area (Å²) in [5, 5.41) is 5.49. The number of benzene rings is 2. The number of carbonyl (C=O) groups excluding carboxylic acids is 4. The second kappa shape index (κ2) is 17.8. The fourth-order valence-electron chi connectivity index (χ4n) is 8.39. The Labute approximate surface area is 347 Å². The maximum absolute atomic E-state index is 13.8. The zero-order valence-electron chi connectivity index (χ0n) is 32.3. The Hall–Kier alpha value is -5.16. The second-order valence-electron chi connectivity index (χ2n) is 14.8. The first-order valence-corrected chi connectivity index (χ1v) is 19.0. The van der Waals surface area contributed by atoms with Crippen LogP contribution in [0.2, 0.25) is 0 Å². The minimum atomic E-state index is -1.15. The normalized spacial score (nSPS) is 23.8. The molecule has 4 amide bonds. The molecule has 4 aromatic rings. The summed E-state index contributed by atoms with van der Waals surface area (Å²) in [6.45, 7) is 2.10. The SMILES string of the molecule is COC(=O)N[C@@]1(C(=O)N2CCC[C@H]2c2ncc(-c3ccc(-c4ccc(-c5cnc([C@@H]6CCCN6C(=O)[C@]6(NC(=O)OC)CCOC6)[nH]5)cc4)cc3)[nH]2)CCOC1.Cl.Cl. The number of methoxy groups -OCH3 is 2. The van der Waals surface area contributed by atoms with Gasteiger partial charge in [0.2, 0.25) is 0 Å². The zero-order chi connectivity index (χ0) is 38.9. The van der Waals surface area contributed by atoms with E-state index in [0.29, 0.717) is 50.8 Å². The molecule has 0 unspecified atom stereocenters. The van der Waals surface area contributed by atoms with Crippen molar-refractivity contribution in [2.45, 2.75) is 61.7 Å². The number of hydrogen-bond donors (Lipinski definition) is 4. The van der Waals surface area contributed by atoms with Crippen molar-refractivity contribution in [3.63, 3.8) is 0 Å². The Morgan fingerprint density at radius 1 is 0.655 bits per heavy atom. The minimum Gasteiger partial charge on any atom is -0.453 e. The number of halogens is 2. The molecular weight excluding hydrogens is 791 g/mol. The number of amides is 4. The van der Waals surface area contributed by atoms with Crippen LogP contribution in [-0.2, 0) is 28.5 Å². The molecule has 6 heterocycles. The number of rotatable bonds is 9. The summed E-state index contributed by atoms with van der Waals surface area (Å²) in [4.78, 5) is 71.8. The molecule has 4 aliphatic rings. The van der Waals surface area contributed by atoms with Gasteiger partial charge in [0.05, 0.1) is 63.3 Å². The Morgan fingerprint density at radius 2 is 1.03 bits per heavy atom. The van der Waals surface area contributed by atoms with Gasteiger partial charge in [-0.2, -0.15) is 0 Å². The molecular formula is C40H48Cl2N8O8. The zero-order valence-corrected chi connectivity index (χ0v) is 33.9. The lowest BCUT2D eigenvalue weighted by Gasteiger charge is -2.34. The fraction of sp³-hybridized carbons (Fsp3) is 0.450. The van der Waals surface area contributed by atoms with Crippen LogP contribution in [0.5, 0.6) is 0 Å². The summed E-state index contributed by atoms with van der Waals surface area (Å²) in [7, 11) is 2.56. The molecule has 310 valence electrons. The van der Waals surface area contributed by atoms with Crippen LogP contribution >= 0.6 is 24.8 Å². The molecule has 4 aliphatic heterocycles. The third-order valence-electron chi connectivity index (χ3n) is 11.5. The summed E-state index contributed by atoms with van der Waals surface area (Å²) in [5.41, 5.74) is 3.40. The number of H-pyrrole nitrogens is 2. The van der Waals surface area contributed by atoms with Gasteiger partial charge in [0.1, 0.15) is 22.7 Å². The first-order valence-electron chi connectivity index (χ1n) is 19.0. The number of nitrogens with zero attached hydrogens (tertiary/aromatic N) is 4. The van der Waals surface area contributed by atoms with Gasteiger partial charge in [-0.05, 0) is 47.9 Å². The lowest BCUT2D eigenvalue weighted by atomic mass is 9.96. The monoisotopic (exact) mass is 838 g/mol. The molecule has 4 saturated heterocycles. The van der Waals surface area contributed by atoms with Crippen molar-refractivity contribution < 1.29 is 38.1 Å². The average Bonchev–Trinajstić information content (AvgIpc) is 4.08. The molecule has 18 heteroatoms. The van der Waals surface area contributed by atoms with Crippen LogP contribution in [0.4, 0.5) is 9.59 Å². The van der Waals surface area contributed by atoms with Gasteiger partial charge in [0.15, 0.2) is 0 Å². The van der Waals surface area contributed by atoms with Crippen molar-refractivity contribution in [2.24, 2.45) is 0 Å². The summed E-state index contributed by atoms with van der Waals surface area (Å²) >= 11 is 0. The first-order chi connectivity index (χ1) is 27.2. The van der Waals surface area contributed by atoms with Gasteiger partial charge >= 0.3 is 12.2 Å². The summed E-state index contributed by atoms with van der Waals surface area (Å²) in [6, 6.07) is 15.9. The number of carbonyl (C=O) groups is 4. The molecule has 0 spiro atoms. The highest BCUT2D eigenvalue weighted by molar-refractivity contribution is 5.92. The third kappa shape index (κ3) is 8.10. The maximum Gasteiger partial charge on any atom is 0.407 e. The first kappa shape index (κ1) is 42.4. The van der Waals surface area contributed by atoms with Crippen LogP contribution in [-0.4, -0.2) is 119 Å². The van der Waals surface area contributed by atoms with Gasteiger partial charge in [-0.15, -0.1) is 24.8 Å². The quantitative estimate of drug-likeness (QED) is 0.171. The molecule has 2 aromatic carbocycles. The van der Waals surface area contributed by atoms with E-state index in [2.05, 4.69) is 54.8 Å². The second-order valence-corrected chi connectivity index (χ2v) is 14.8. The van der Waals surface area contributed by atoms with Gasteiger partial charge in [0, 0.05) is 39.1 Å². The van der Waals surface area contributed by atoms with E-state index in [1.54, 1.807) is 22.2 Å². The predicted octanol–water partition coefficient (Wildman–Crippen LogP) is 5.33. The van der Waals surface area contributed by atoms with Crippen LogP contribution < -0.4 is 10.6 Å². The van der Waals surface area contributed by atoms with Gasteiger partial charge in [-0.3, -0.25) is 9.59 Å². The molecule has 0 bridgehead atoms. The molecule has 0 radical (unpaired) electrons. The lowest BCUT2D eigenvalue weighted by Crippen LogP contribution is -2.60. The highest BCUT2D eigenvalue weighted by Crippen LogP contribution is 2.37. The van der Waals surface area contributed by atoms with Gasteiger partial charge in [0.25, 0.3) is 11.8 Å². The lowest BCUT2D eigenvalue weighted by molar-refractivity contribution is -0.140. The van der Waals surface area contributed by atoms with Crippen LogP contribution in [0.15, 0.2) is 60.9 Å². The molecule has 0 saturated carbocycles. The average molecular weight is 840 g/mol. The van der Waals surface area contributed by atoms with Crippen molar-refractivity contribution in [1.82, 2.24) is 40.4 Å². The van der Waals surface area contributed by atoms with Crippen molar-refractivity contribution in [1.29, 1.82) is 0 Å². The van der Waals surface area contributed by atoms with E-state index in [0.717, 1.165) is 59.3 Å². The molecule has 4 fully saturated rings. The van der Waals surface area contributed by atoms with E-state index >= 15 is 0 Å². The predicted molar refractivity (Wildman–Crippen MR) is 216 cm³/mol. The van der Waals surface area contributed by atoms with Gasteiger partial charge < -0.3 is 49.3 Å². The van der Waals surface area contributed by atoms with Crippen LogP contribution in [0, 0.1) is 0 Å². The van der Waals surface area contributed by atoms with Crippen molar-refractivity contribution >= 4 is 48.8 Å². The molecule has 4 N–H and O–H groups in total. The van der Waals surface area contributed by atoms with E-state index in [-0.39, 0.29) is 61.9 Å². The van der Waals surface area contributed by atoms with Crippen LogP contribution in [0.1, 0.15) is 62.3 Å².